The molecule has 0 radical (unpaired) electrons. The molecule has 0 amide bonds. The highest BCUT2D eigenvalue weighted by Crippen LogP contribution is 2.50. The summed E-state index contributed by atoms with van der Waals surface area (Å²) in [5, 5.41) is 0. The molecule has 1 aromatic rings. The molecule has 4 nitrogen and oxygen atoms in total. The molecule has 3 aliphatic rings. The summed E-state index contributed by atoms with van der Waals surface area (Å²) in [7, 11) is 0. The Hall–Kier alpha value is -1.27. The van der Waals surface area contributed by atoms with Gasteiger partial charge in [-0.2, -0.15) is 0 Å². The SMILES string of the molecule is FC1(F)CCN(CC2CCOCC2)C[C@@]12CCN(c1ccccn1)C2. The summed E-state index contributed by atoms with van der Waals surface area (Å²) >= 11 is 0. The Bertz CT molecular complexity index is 579. The van der Waals surface area contributed by atoms with Crippen LogP contribution in [0.5, 0.6) is 0 Å². The van der Waals surface area contributed by atoms with Gasteiger partial charge in [0.25, 0.3) is 5.92 Å². The van der Waals surface area contributed by atoms with E-state index in [0.29, 0.717) is 38.5 Å². The van der Waals surface area contributed by atoms with Crippen LogP contribution in [0.15, 0.2) is 24.4 Å². The molecular formula is C19H27F2N3O. The number of nitrogens with zero attached hydrogens (tertiary/aromatic N) is 3. The first-order valence-electron chi connectivity index (χ1n) is 9.42. The van der Waals surface area contributed by atoms with E-state index in [1.165, 1.54) is 0 Å². The predicted molar refractivity (Wildman–Crippen MR) is 93.0 cm³/mol. The van der Waals surface area contributed by atoms with Gasteiger partial charge < -0.3 is 14.5 Å². The topological polar surface area (TPSA) is 28.6 Å². The molecule has 1 atom stereocenters. The minimum Gasteiger partial charge on any atom is -0.381 e. The Morgan fingerprint density at radius 3 is 2.72 bits per heavy atom. The minimum atomic E-state index is -2.59. The third-order valence-electron chi connectivity index (χ3n) is 6.23. The number of hydrogen-bond acceptors (Lipinski definition) is 4. The number of likely N-dealkylation sites (tertiary alicyclic amines) is 1. The predicted octanol–water partition coefficient (Wildman–Crippen LogP) is 3.05. The molecule has 1 aromatic heterocycles. The normalized spacial score (nSPS) is 30.9. The Labute approximate surface area is 148 Å². The molecule has 0 N–H and O–H groups in total. The summed E-state index contributed by atoms with van der Waals surface area (Å²) < 4.78 is 35.3. The molecule has 0 saturated carbocycles. The first-order chi connectivity index (χ1) is 12.1. The summed E-state index contributed by atoms with van der Waals surface area (Å²) in [6.07, 6.45) is 4.36. The van der Waals surface area contributed by atoms with Gasteiger partial charge in [0.15, 0.2) is 0 Å². The van der Waals surface area contributed by atoms with Crippen LogP contribution in [-0.4, -0.2) is 61.7 Å². The van der Waals surface area contributed by atoms with Crippen LogP contribution in [0.4, 0.5) is 14.6 Å². The van der Waals surface area contributed by atoms with Gasteiger partial charge in [-0.15, -0.1) is 0 Å². The van der Waals surface area contributed by atoms with Crippen LogP contribution in [0.1, 0.15) is 25.7 Å². The minimum absolute atomic E-state index is 0.0215. The number of anilines is 1. The van der Waals surface area contributed by atoms with Crippen molar-refractivity contribution in [2.75, 3.05) is 50.8 Å². The van der Waals surface area contributed by atoms with Gasteiger partial charge in [0.1, 0.15) is 5.82 Å². The van der Waals surface area contributed by atoms with E-state index in [1.54, 1.807) is 6.20 Å². The van der Waals surface area contributed by atoms with E-state index in [1.807, 2.05) is 23.1 Å². The van der Waals surface area contributed by atoms with Crippen LogP contribution in [0.3, 0.4) is 0 Å². The summed E-state index contributed by atoms with van der Waals surface area (Å²) in [4.78, 5) is 8.67. The molecule has 25 heavy (non-hydrogen) atoms. The number of halogens is 2. The lowest BCUT2D eigenvalue weighted by atomic mass is 9.75. The van der Waals surface area contributed by atoms with Crippen LogP contribution >= 0.6 is 0 Å². The monoisotopic (exact) mass is 351 g/mol. The lowest BCUT2D eigenvalue weighted by Crippen LogP contribution is -2.57. The van der Waals surface area contributed by atoms with Crippen molar-refractivity contribution in [3.8, 4) is 0 Å². The van der Waals surface area contributed by atoms with Crippen LogP contribution in [0.25, 0.3) is 0 Å². The summed E-state index contributed by atoms with van der Waals surface area (Å²) in [6.45, 7) is 4.64. The second-order valence-corrected chi connectivity index (χ2v) is 7.89. The van der Waals surface area contributed by atoms with Gasteiger partial charge in [-0.3, -0.25) is 0 Å². The fourth-order valence-corrected chi connectivity index (χ4v) is 4.67. The van der Waals surface area contributed by atoms with E-state index < -0.39 is 11.3 Å². The summed E-state index contributed by atoms with van der Waals surface area (Å²) in [6, 6.07) is 5.70. The van der Waals surface area contributed by atoms with Crippen molar-refractivity contribution in [3.05, 3.63) is 24.4 Å². The van der Waals surface area contributed by atoms with Crippen molar-refractivity contribution in [1.82, 2.24) is 9.88 Å². The van der Waals surface area contributed by atoms with Crippen LogP contribution in [0, 0.1) is 11.3 Å². The molecule has 138 valence electrons. The van der Waals surface area contributed by atoms with E-state index >= 15 is 0 Å². The van der Waals surface area contributed by atoms with Crippen molar-refractivity contribution >= 4 is 5.82 Å². The zero-order valence-corrected chi connectivity index (χ0v) is 14.7. The van der Waals surface area contributed by atoms with Gasteiger partial charge in [-0.05, 0) is 37.3 Å². The first-order valence-corrected chi connectivity index (χ1v) is 9.42. The highest BCUT2D eigenvalue weighted by atomic mass is 19.3. The lowest BCUT2D eigenvalue weighted by Gasteiger charge is -2.47. The number of ether oxygens (including phenoxy) is 1. The largest absolute Gasteiger partial charge is 0.381 e. The number of piperidine rings is 1. The zero-order valence-electron chi connectivity index (χ0n) is 14.7. The third-order valence-corrected chi connectivity index (χ3v) is 6.23. The molecule has 3 fully saturated rings. The quantitative estimate of drug-likeness (QED) is 0.837. The average Bonchev–Trinajstić information content (AvgIpc) is 3.06. The fraction of sp³-hybridized carbons (Fsp3) is 0.737. The summed E-state index contributed by atoms with van der Waals surface area (Å²) in [5.74, 6) is -1.19. The lowest BCUT2D eigenvalue weighted by molar-refractivity contribution is -0.159. The molecule has 3 aliphatic heterocycles. The van der Waals surface area contributed by atoms with E-state index in [-0.39, 0.29) is 6.42 Å². The van der Waals surface area contributed by atoms with Crippen molar-refractivity contribution in [2.45, 2.75) is 31.6 Å². The fourth-order valence-electron chi connectivity index (χ4n) is 4.67. The van der Waals surface area contributed by atoms with E-state index in [4.69, 9.17) is 4.74 Å². The molecule has 0 bridgehead atoms. The highest BCUT2D eigenvalue weighted by molar-refractivity contribution is 5.40. The molecule has 0 aromatic carbocycles. The molecular weight excluding hydrogens is 324 g/mol. The van der Waals surface area contributed by atoms with Crippen LogP contribution < -0.4 is 4.90 Å². The zero-order chi connectivity index (χ0) is 17.3. The van der Waals surface area contributed by atoms with E-state index in [0.717, 1.165) is 38.4 Å². The number of aromatic nitrogens is 1. The number of pyridine rings is 1. The Morgan fingerprint density at radius 2 is 1.96 bits per heavy atom. The van der Waals surface area contributed by atoms with E-state index in [2.05, 4.69) is 9.88 Å². The first kappa shape index (κ1) is 17.2. The smallest absolute Gasteiger partial charge is 0.257 e. The molecule has 0 aliphatic carbocycles. The van der Waals surface area contributed by atoms with Gasteiger partial charge in [-0.1, -0.05) is 6.07 Å². The van der Waals surface area contributed by atoms with Crippen molar-refractivity contribution in [2.24, 2.45) is 11.3 Å². The molecule has 3 saturated heterocycles. The van der Waals surface area contributed by atoms with Crippen molar-refractivity contribution in [1.29, 1.82) is 0 Å². The molecule has 4 rings (SSSR count). The maximum atomic E-state index is 14.9. The van der Waals surface area contributed by atoms with Crippen molar-refractivity contribution in [3.63, 3.8) is 0 Å². The molecule has 4 heterocycles. The van der Waals surface area contributed by atoms with Gasteiger partial charge >= 0.3 is 0 Å². The second-order valence-electron chi connectivity index (χ2n) is 7.89. The van der Waals surface area contributed by atoms with Gasteiger partial charge in [0.05, 0.1) is 5.41 Å². The molecule has 1 spiro atoms. The standard InChI is InChI=1S/C19H27F2N3O/c20-19(21)7-9-23(13-16-4-11-25-12-5-16)14-18(19)6-10-24(15-18)17-3-1-2-8-22-17/h1-3,8,16H,4-7,9-15H2/t18-/m1/s1. The Morgan fingerprint density at radius 1 is 1.12 bits per heavy atom. The Balaban J connectivity index is 1.46. The van der Waals surface area contributed by atoms with Gasteiger partial charge in [0.2, 0.25) is 0 Å². The maximum Gasteiger partial charge on any atom is 0.257 e. The van der Waals surface area contributed by atoms with E-state index in [9.17, 15) is 8.78 Å². The van der Waals surface area contributed by atoms with Crippen LogP contribution in [-0.2, 0) is 4.74 Å². The average molecular weight is 351 g/mol. The maximum absolute atomic E-state index is 14.9. The summed E-state index contributed by atoms with van der Waals surface area (Å²) in [5.41, 5.74) is -0.937. The van der Waals surface area contributed by atoms with Crippen LogP contribution in [0.2, 0.25) is 0 Å². The number of rotatable bonds is 3. The van der Waals surface area contributed by atoms with Crippen molar-refractivity contribution < 1.29 is 13.5 Å². The third kappa shape index (κ3) is 3.38. The molecule has 0 unspecified atom stereocenters. The highest BCUT2D eigenvalue weighted by Gasteiger charge is 2.59. The Kier molecular flexibility index (Phi) is 4.67. The van der Waals surface area contributed by atoms with Gasteiger partial charge in [-0.25, -0.2) is 13.8 Å². The molecule has 6 heteroatoms. The van der Waals surface area contributed by atoms with Gasteiger partial charge in [0, 0.05) is 58.6 Å². The number of alkyl halides is 2. The second kappa shape index (κ2) is 6.80. The number of hydrogen-bond donors (Lipinski definition) is 0.